The number of carbonyl (C=O) groups excluding carboxylic acids is 2. The number of nitrogens with zero attached hydrogens (tertiary/aromatic N) is 1. The summed E-state index contributed by atoms with van der Waals surface area (Å²) in [6.07, 6.45) is 3.21. The number of carbonyl (C=O) groups is 2. The first kappa shape index (κ1) is 13.7. The largest absolute Gasteiger partial charge is 0.344 e. The summed E-state index contributed by atoms with van der Waals surface area (Å²) in [6, 6.07) is -0.293. The van der Waals surface area contributed by atoms with Gasteiger partial charge in [0.15, 0.2) is 0 Å². The molecule has 5 heteroatoms. The second-order valence-electron chi connectivity index (χ2n) is 5.73. The molecule has 2 aliphatic rings. The molecule has 0 bridgehead atoms. The molecule has 1 N–H and O–H groups in total. The summed E-state index contributed by atoms with van der Waals surface area (Å²) in [7, 11) is 0. The molecular weight excluding hydrogens is 248 g/mol. The van der Waals surface area contributed by atoms with E-state index >= 15 is 0 Å². The van der Waals surface area contributed by atoms with E-state index < -0.39 is 0 Å². The van der Waals surface area contributed by atoms with Crippen molar-refractivity contribution in [3.8, 4) is 0 Å². The molecule has 102 valence electrons. The minimum atomic E-state index is -0.293. The van der Waals surface area contributed by atoms with Crippen molar-refractivity contribution in [3.05, 3.63) is 0 Å². The minimum absolute atomic E-state index is 0.0245. The van der Waals surface area contributed by atoms with Gasteiger partial charge in [-0.15, -0.1) is 0 Å². The first-order valence-corrected chi connectivity index (χ1v) is 7.69. The molecule has 0 radical (unpaired) electrons. The van der Waals surface area contributed by atoms with Gasteiger partial charge in [0.2, 0.25) is 11.8 Å². The van der Waals surface area contributed by atoms with Crippen molar-refractivity contribution >= 4 is 23.6 Å². The third-order valence-corrected chi connectivity index (χ3v) is 4.81. The summed E-state index contributed by atoms with van der Waals surface area (Å²) < 4.78 is 0.128. The molecule has 0 aromatic carbocycles. The van der Waals surface area contributed by atoms with Gasteiger partial charge in [0, 0.05) is 30.0 Å². The maximum Gasteiger partial charge on any atom is 0.245 e. The third-order valence-electron chi connectivity index (χ3n) is 3.52. The quantitative estimate of drug-likeness (QED) is 0.783. The number of nitrogens with one attached hydrogen (secondary N) is 1. The van der Waals surface area contributed by atoms with Crippen LogP contribution < -0.4 is 5.32 Å². The van der Waals surface area contributed by atoms with E-state index in [2.05, 4.69) is 19.2 Å². The molecule has 1 atom stereocenters. The highest BCUT2D eigenvalue weighted by Crippen LogP contribution is 2.30. The monoisotopic (exact) mass is 270 g/mol. The van der Waals surface area contributed by atoms with Crippen molar-refractivity contribution in [1.29, 1.82) is 0 Å². The van der Waals surface area contributed by atoms with E-state index in [0.29, 0.717) is 6.42 Å². The molecule has 2 fully saturated rings. The van der Waals surface area contributed by atoms with E-state index in [1.165, 1.54) is 0 Å². The Bertz CT molecular complexity index is 344. The molecule has 2 amide bonds. The van der Waals surface area contributed by atoms with Crippen LogP contribution in [-0.2, 0) is 9.59 Å². The molecule has 2 rings (SSSR count). The Morgan fingerprint density at radius 2 is 2.22 bits per heavy atom. The normalized spacial score (nSPS) is 28.4. The molecule has 0 spiro atoms. The molecule has 0 aliphatic carbocycles. The molecular formula is C13H22N2O2S. The molecule has 18 heavy (non-hydrogen) atoms. The van der Waals surface area contributed by atoms with Crippen LogP contribution in [0, 0.1) is 0 Å². The number of rotatable bonds is 1. The van der Waals surface area contributed by atoms with Crippen molar-refractivity contribution in [2.24, 2.45) is 0 Å². The van der Waals surface area contributed by atoms with E-state index in [0.717, 1.165) is 38.1 Å². The Kier molecular flexibility index (Phi) is 4.20. The maximum absolute atomic E-state index is 12.4. The molecule has 1 unspecified atom stereocenters. The summed E-state index contributed by atoms with van der Waals surface area (Å²) in [5, 5.41) is 2.87. The van der Waals surface area contributed by atoms with E-state index in [4.69, 9.17) is 0 Å². The SMILES string of the molecule is CC1(C)CN(C(=O)C2CCCCC(=O)N2)CCS1. The topological polar surface area (TPSA) is 49.4 Å². The van der Waals surface area contributed by atoms with Crippen LogP contribution in [0.15, 0.2) is 0 Å². The molecule has 0 aromatic heterocycles. The lowest BCUT2D eigenvalue weighted by Gasteiger charge is -2.39. The fourth-order valence-corrected chi connectivity index (χ4v) is 3.69. The van der Waals surface area contributed by atoms with Gasteiger partial charge < -0.3 is 10.2 Å². The Hall–Kier alpha value is -0.710. The van der Waals surface area contributed by atoms with Crippen LogP contribution in [0.5, 0.6) is 0 Å². The van der Waals surface area contributed by atoms with Crippen LogP contribution in [0.4, 0.5) is 0 Å². The van der Waals surface area contributed by atoms with Crippen LogP contribution in [0.25, 0.3) is 0 Å². The van der Waals surface area contributed by atoms with Gasteiger partial charge in [0.25, 0.3) is 0 Å². The molecule has 2 heterocycles. The highest BCUT2D eigenvalue weighted by Gasteiger charge is 2.33. The Labute approximate surface area is 113 Å². The number of amides is 2. The maximum atomic E-state index is 12.4. The van der Waals surface area contributed by atoms with Gasteiger partial charge in [-0.1, -0.05) is 6.42 Å². The number of thioether (sulfide) groups is 1. The third kappa shape index (κ3) is 3.40. The van der Waals surface area contributed by atoms with Gasteiger partial charge in [-0.2, -0.15) is 11.8 Å². The second kappa shape index (κ2) is 5.51. The van der Waals surface area contributed by atoms with Gasteiger partial charge in [-0.3, -0.25) is 9.59 Å². The molecule has 2 saturated heterocycles. The lowest BCUT2D eigenvalue weighted by atomic mass is 10.1. The summed E-state index contributed by atoms with van der Waals surface area (Å²) in [5.41, 5.74) is 0. The zero-order chi connectivity index (χ0) is 13.2. The molecule has 2 aliphatic heterocycles. The number of hydrogen-bond donors (Lipinski definition) is 1. The van der Waals surface area contributed by atoms with Gasteiger partial charge >= 0.3 is 0 Å². The van der Waals surface area contributed by atoms with E-state index in [1.807, 2.05) is 16.7 Å². The average molecular weight is 270 g/mol. The minimum Gasteiger partial charge on any atom is -0.344 e. The van der Waals surface area contributed by atoms with Gasteiger partial charge in [0.1, 0.15) is 6.04 Å². The predicted molar refractivity (Wildman–Crippen MR) is 73.5 cm³/mol. The molecule has 0 saturated carbocycles. The van der Waals surface area contributed by atoms with E-state index in [9.17, 15) is 9.59 Å². The highest BCUT2D eigenvalue weighted by molar-refractivity contribution is 8.00. The molecule has 0 aromatic rings. The second-order valence-corrected chi connectivity index (χ2v) is 7.54. The lowest BCUT2D eigenvalue weighted by Crippen LogP contribution is -2.53. The summed E-state index contributed by atoms with van der Waals surface area (Å²) in [5.74, 6) is 1.12. The predicted octanol–water partition coefficient (Wildman–Crippen LogP) is 1.40. The van der Waals surface area contributed by atoms with Crippen LogP contribution >= 0.6 is 11.8 Å². The summed E-state index contributed by atoms with van der Waals surface area (Å²) in [6.45, 7) is 5.92. The first-order valence-electron chi connectivity index (χ1n) is 6.70. The lowest BCUT2D eigenvalue weighted by molar-refractivity contribution is -0.136. The van der Waals surface area contributed by atoms with Crippen molar-refractivity contribution in [2.45, 2.75) is 50.3 Å². The van der Waals surface area contributed by atoms with Gasteiger partial charge in [-0.25, -0.2) is 0 Å². The van der Waals surface area contributed by atoms with Crippen LogP contribution in [0.1, 0.15) is 39.5 Å². The van der Waals surface area contributed by atoms with Gasteiger partial charge in [0.05, 0.1) is 0 Å². The smallest absolute Gasteiger partial charge is 0.245 e. The van der Waals surface area contributed by atoms with E-state index in [-0.39, 0.29) is 22.6 Å². The number of hydrogen-bond acceptors (Lipinski definition) is 3. The summed E-state index contributed by atoms with van der Waals surface area (Å²) in [4.78, 5) is 25.9. The van der Waals surface area contributed by atoms with Crippen LogP contribution in [0.3, 0.4) is 0 Å². The van der Waals surface area contributed by atoms with Crippen molar-refractivity contribution in [3.63, 3.8) is 0 Å². The van der Waals surface area contributed by atoms with Crippen molar-refractivity contribution in [1.82, 2.24) is 10.2 Å². The first-order chi connectivity index (χ1) is 8.48. The van der Waals surface area contributed by atoms with Crippen LogP contribution in [0.2, 0.25) is 0 Å². The zero-order valence-electron chi connectivity index (χ0n) is 11.2. The standard InChI is InChI=1S/C13H22N2O2S/c1-13(2)9-15(7-8-18-13)12(17)10-5-3-4-6-11(16)14-10/h10H,3-9H2,1-2H3,(H,14,16). The molecule has 4 nitrogen and oxygen atoms in total. The summed E-state index contributed by atoms with van der Waals surface area (Å²) >= 11 is 1.91. The fraction of sp³-hybridized carbons (Fsp3) is 0.846. The van der Waals surface area contributed by atoms with Crippen molar-refractivity contribution in [2.75, 3.05) is 18.8 Å². The van der Waals surface area contributed by atoms with E-state index in [1.54, 1.807) is 0 Å². The van der Waals surface area contributed by atoms with Gasteiger partial charge in [-0.05, 0) is 26.7 Å². The Morgan fingerprint density at radius 1 is 1.44 bits per heavy atom. The van der Waals surface area contributed by atoms with Crippen LogP contribution in [-0.4, -0.2) is 46.3 Å². The van der Waals surface area contributed by atoms with Crippen molar-refractivity contribution < 1.29 is 9.59 Å². The zero-order valence-corrected chi connectivity index (χ0v) is 12.0. The Balaban J connectivity index is 1.99. The highest BCUT2D eigenvalue weighted by atomic mass is 32.2. The Morgan fingerprint density at radius 3 is 2.94 bits per heavy atom. The fourth-order valence-electron chi connectivity index (χ4n) is 2.58. The average Bonchev–Trinajstić information content (AvgIpc) is 2.51.